The van der Waals surface area contributed by atoms with Crippen LogP contribution in [0.2, 0.25) is 0 Å². The molecule has 6 heteroatoms. The molecule has 1 atom stereocenters. The molecule has 0 aromatic heterocycles. The summed E-state index contributed by atoms with van der Waals surface area (Å²) >= 11 is 0. The van der Waals surface area contributed by atoms with Gasteiger partial charge >= 0.3 is 0 Å². The first-order chi connectivity index (χ1) is 8.40. The minimum atomic E-state index is -3.60. The van der Waals surface area contributed by atoms with Crippen LogP contribution in [0.3, 0.4) is 0 Å². The molecule has 2 rings (SSSR count). The summed E-state index contributed by atoms with van der Waals surface area (Å²) in [7, 11) is -3.60. The van der Waals surface area contributed by atoms with Gasteiger partial charge in [0.2, 0.25) is 10.0 Å². The fourth-order valence-corrected chi connectivity index (χ4v) is 3.40. The highest BCUT2D eigenvalue weighted by Gasteiger charge is 2.24. The zero-order valence-electron chi connectivity index (χ0n) is 10.4. The van der Waals surface area contributed by atoms with E-state index in [0.717, 1.165) is 0 Å². The first-order valence-electron chi connectivity index (χ1n) is 5.77. The van der Waals surface area contributed by atoms with E-state index in [-0.39, 0.29) is 16.8 Å². The van der Waals surface area contributed by atoms with Gasteiger partial charge in [-0.3, -0.25) is 0 Å². The summed E-state index contributed by atoms with van der Waals surface area (Å²) in [5.74, 6) is -0.363. The third-order valence-corrected chi connectivity index (χ3v) is 4.47. The van der Waals surface area contributed by atoms with Gasteiger partial charge < -0.3 is 4.74 Å². The standard InChI is InChI=1S/C12H16FNO3S/c1-8-5-11(6-9(2)12(8)13)18(15,16)14-10-3-4-17-7-10/h5-6,10,14H,3-4,7H2,1-2H3/t10-/m0/s1. The first kappa shape index (κ1) is 13.5. The van der Waals surface area contributed by atoms with Crippen LogP contribution in [0.25, 0.3) is 0 Å². The Morgan fingerprint density at radius 3 is 2.44 bits per heavy atom. The van der Waals surface area contributed by atoms with Crippen LogP contribution in [-0.4, -0.2) is 27.7 Å². The van der Waals surface area contributed by atoms with Crippen molar-refractivity contribution in [1.29, 1.82) is 0 Å². The van der Waals surface area contributed by atoms with E-state index in [0.29, 0.717) is 30.8 Å². The zero-order valence-corrected chi connectivity index (χ0v) is 11.2. The average molecular weight is 273 g/mol. The molecule has 1 saturated heterocycles. The molecular formula is C12H16FNO3S. The van der Waals surface area contributed by atoms with Gasteiger partial charge in [0.15, 0.2) is 0 Å². The van der Waals surface area contributed by atoms with Crippen LogP contribution in [0.4, 0.5) is 4.39 Å². The van der Waals surface area contributed by atoms with E-state index >= 15 is 0 Å². The highest BCUT2D eigenvalue weighted by molar-refractivity contribution is 7.89. The van der Waals surface area contributed by atoms with E-state index in [2.05, 4.69) is 4.72 Å². The van der Waals surface area contributed by atoms with E-state index in [4.69, 9.17) is 4.74 Å². The topological polar surface area (TPSA) is 55.4 Å². The molecule has 100 valence electrons. The van der Waals surface area contributed by atoms with Crippen molar-refractivity contribution in [3.63, 3.8) is 0 Å². The van der Waals surface area contributed by atoms with Gasteiger partial charge in [-0.2, -0.15) is 0 Å². The maximum atomic E-state index is 13.5. The molecule has 4 nitrogen and oxygen atoms in total. The zero-order chi connectivity index (χ0) is 13.3. The number of hydrogen-bond acceptors (Lipinski definition) is 3. The van der Waals surface area contributed by atoms with Crippen molar-refractivity contribution in [3.8, 4) is 0 Å². The molecule has 0 saturated carbocycles. The molecule has 18 heavy (non-hydrogen) atoms. The maximum absolute atomic E-state index is 13.5. The highest BCUT2D eigenvalue weighted by Crippen LogP contribution is 2.19. The van der Waals surface area contributed by atoms with Crippen LogP contribution >= 0.6 is 0 Å². The Morgan fingerprint density at radius 2 is 1.94 bits per heavy atom. The second-order valence-corrected chi connectivity index (χ2v) is 6.27. The third kappa shape index (κ3) is 2.71. The van der Waals surface area contributed by atoms with Crippen molar-refractivity contribution in [3.05, 3.63) is 29.1 Å². The Morgan fingerprint density at radius 1 is 1.33 bits per heavy atom. The smallest absolute Gasteiger partial charge is 0.240 e. The molecular weight excluding hydrogens is 257 g/mol. The third-order valence-electron chi connectivity index (χ3n) is 2.97. The highest BCUT2D eigenvalue weighted by atomic mass is 32.2. The summed E-state index contributed by atoms with van der Waals surface area (Å²) in [6, 6.07) is 2.50. The predicted octanol–water partition coefficient (Wildman–Crippen LogP) is 1.51. The number of sulfonamides is 1. The summed E-state index contributed by atoms with van der Waals surface area (Å²) in [5, 5.41) is 0. The Hall–Kier alpha value is -0.980. The lowest BCUT2D eigenvalue weighted by molar-refractivity contribution is 0.192. The van der Waals surface area contributed by atoms with Crippen LogP contribution in [0.1, 0.15) is 17.5 Å². The van der Waals surface area contributed by atoms with Gasteiger partial charge in [-0.05, 0) is 43.5 Å². The van der Waals surface area contributed by atoms with Crippen LogP contribution in [-0.2, 0) is 14.8 Å². The molecule has 0 bridgehead atoms. The van der Waals surface area contributed by atoms with Gasteiger partial charge in [-0.1, -0.05) is 0 Å². The molecule has 1 aromatic carbocycles. The minimum Gasteiger partial charge on any atom is -0.380 e. The normalized spacial score (nSPS) is 20.3. The molecule has 1 aliphatic rings. The Balaban J connectivity index is 2.29. The van der Waals surface area contributed by atoms with Gasteiger partial charge in [0.05, 0.1) is 11.5 Å². The quantitative estimate of drug-likeness (QED) is 0.908. The van der Waals surface area contributed by atoms with Gasteiger partial charge in [0, 0.05) is 12.6 Å². The number of rotatable bonds is 3. The number of aryl methyl sites for hydroxylation is 2. The van der Waals surface area contributed by atoms with E-state index in [1.165, 1.54) is 12.1 Å². The number of benzene rings is 1. The van der Waals surface area contributed by atoms with Crippen molar-refractivity contribution in [2.75, 3.05) is 13.2 Å². The number of halogens is 1. The Labute approximate surface area is 106 Å². The second-order valence-electron chi connectivity index (χ2n) is 4.55. The van der Waals surface area contributed by atoms with E-state index in [1.54, 1.807) is 13.8 Å². The number of hydrogen-bond donors (Lipinski definition) is 1. The number of nitrogens with one attached hydrogen (secondary N) is 1. The van der Waals surface area contributed by atoms with Crippen LogP contribution in [0.15, 0.2) is 17.0 Å². The fourth-order valence-electron chi connectivity index (χ4n) is 1.98. The molecule has 0 unspecified atom stereocenters. The van der Waals surface area contributed by atoms with Gasteiger partial charge in [-0.15, -0.1) is 0 Å². The molecule has 0 amide bonds. The molecule has 0 radical (unpaired) electrons. The summed E-state index contributed by atoms with van der Waals surface area (Å²) in [4.78, 5) is 0.103. The Kier molecular flexibility index (Phi) is 3.70. The van der Waals surface area contributed by atoms with Crippen molar-refractivity contribution >= 4 is 10.0 Å². The molecule has 0 aliphatic carbocycles. The lowest BCUT2D eigenvalue weighted by Crippen LogP contribution is -2.35. The molecule has 1 N–H and O–H groups in total. The number of ether oxygens (including phenoxy) is 1. The van der Waals surface area contributed by atoms with Gasteiger partial charge in [0.1, 0.15) is 5.82 Å². The Bertz CT molecular complexity index is 527. The first-order valence-corrected chi connectivity index (χ1v) is 7.25. The average Bonchev–Trinajstić information content (AvgIpc) is 2.77. The van der Waals surface area contributed by atoms with Gasteiger partial charge in [-0.25, -0.2) is 17.5 Å². The van der Waals surface area contributed by atoms with Crippen LogP contribution in [0.5, 0.6) is 0 Å². The molecule has 1 fully saturated rings. The summed E-state index contributed by atoms with van der Waals surface area (Å²) in [6.07, 6.45) is 0.665. The lowest BCUT2D eigenvalue weighted by atomic mass is 10.1. The summed E-state index contributed by atoms with van der Waals surface area (Å²) in [5.41, 5.74) is 0.663. The molecule has 1 aliphatic heterocycles. The van der Waals surface area contributed by atoms with Crippen LogP contribution < -0.4 is 4.72 Å². The second kappa shape index (κ2) is 4.95. The molecule has 1 heterocycles. The van der Waals surface area contributed by atoms with Crippen molar-refractivity contribution in [2.45, 2.75) is 31.2 Å². The van der Waals surface area contributed by atoms with Crippen molar-refractivity contribution < 1.29 is 17.5 Å². The maximum Gasteiger partial charge on any atom is 0.240 e. The SMILES string of the molecule is Cc1cc(S(=O)(=O)N[C@H]2CCOC2)cc(C)c1F. The predicted molar refractivity (Wildman–Crippen MR) is 65.4 cm³/mol. The van der Waals surface area contributed by atoms with E-state index < -0.39 is 10.0 Å². The van der Waals surface area contributed by atoms with Crippen LogP contribution in [0, 0.1) is 19.7 Å². The molecule has 1 aromatic rings. The molecule has 0 spiro atoms. The van der Waals surface area contributed by atoms with Gasteiger partial charge in [0.25, 0.3) is 0 Å². The van der Waals surface area contributed by atoms with E-state index in [9.17, 15) is 12.8 Å². The van der Waals surface area contributed by atoms with Crippen molar-refractivity contribution in [1.82, 2.24) is 4.72 Å². The lowest BCUT2D eigenvalue weighted by Gasteiger charge is -2.13. The van der Waals surface area contributed by atoms with E-state index in [1.807, 2.05) is 0 Å². The summed E-state index contributed by atoms with van der Waals surface area (Å²) in [6.45, 7) is 4.06. The minimum absolute atomic E-state index is 0.103. The fraction of sp³-hybridized carbons (Fsp3) is 0.500. The van der Waals surface area contributed by atoms with Crippen molar-refractivity contribution in [2.24, 2.45) is 0 Å². The monoisotopic (exact) mass is 273 g/mol. The largest absolute Gasteiger partial charge is 0.380 e. The summed E-state index contributed by atoms with van der Waals surface area (Å²) < 4.78 is 45.4.